The second kappa shape index (κ2) is 8.51. The van der Waals surface area contributed by atoms with Crippen molar-refractivity contribution < 1.29 is 27.4 Å². The highest BCUT2D eigenvalue weighted by Crippen LogP contribution is 2.26. The minimum atomic E-state index is -4.76. The molecule has 0 fully saturated rings. The van der Waals surface area contributed by atoms with Crippen molar-refractivity contribution in [2.45, 2.75) is 6.36 Å². The maximum absolute atomic E-state index is 12.7. The lowest BCUT2D eigenvalue weighted by Crippen LogP contribution is -2.17. The normalized spacial score (nSPS) is 10.9. The molecule has 0 bridgehead atoms. The Kier molecular flexibility index (Phi) is 5.87. The first-order chi connectivity index (χ1) is 13.8. The molecule has 1 aromatic heterocycles. The van der Waals surface area contributed by atoms with Crippen LogP contribution in [0.2, 0.25) is 0 Å². The van der Waals surface area contributed by atoms with E-state index in [9.17, 15) is 18.0 Å². The second-order valence-electron chi connectivity index (χ2n) is 5.78. The number of halogens is 3. The number of methoxy groups -OCH3 is 1. The van der Waals surface area contributed by atoms with E-state index in [4.69, 9.17) is 4.74 Å². The van der Waals surface area contributed by atoms with Crippen molar-refractivity contribution in [3.63, 3.8) is 0 Å². The van der Waals surface area contributed by atoms with Crippen molar-refractivity contribution in [1.82, 2.24) is 4.98 Å². The highest BCUT2D eigenvalue weighted by Gasteiger charge is 2.30. The number of nitrogens with one attached hydrogen (secondary N) is 2. The number of amides is 1. The highest BCUT2D eigenvalue weighted by atomic mass is 19.4. The Morgan fingerprint density at radius 3 is 2.41 bits per heavy atom. The van der Waals surface area contributed by atoms with Gasteiger partial charge in [-0.15, -0.1) is 13.2 Å². The Bertz CT molecular complexity index is 992. The highest BCUT2D eigenvalue weighted by molar-refractivity contribution is 6.07. The van der Waals surface area contributed by atoms with E-state index >= 15 is 0 Å². The average molecular weight is 403 g/mol. The summed E-state index contributed by atoms with van der Waals surface area (Å²) in [5.74, 6) is 0.0804. The van der Waals surface area contributed by atoms with Crippen LogP contribution in [-0.2, 0) is 0 Å². The van der Waals surface area contributed by atoms with Crippen molar-refractivity contribution in [3.8, 4) is 11.5 Å². The molecule has 3 rings (SSSR count). The molecule has 6 nitrogen and oxygen atoms in total. The van der Waals surface area contributed by atoms with E-state index in [1.54, 1.807) is 36.4 Å². The molecule has 150 valence electrons. The van der Waals surface area contributed by atoms with E-state index < -0.39 is 12.3 Å². The predicted octanol–water partition coefficient (Wildman–Crippen LogP) is 4.98. The van der Waals surface area contributed by atoms with E-state index in [2.05, 4.69) is 20.4 Å². The summed E-state index contributed by atoms with van der Waals surface area (Å²) in [7, 11) is 1.52. The van der Waals surface area contributed by atoms with Gasteiger partial charge in [0.2, 0.25) is 0 Å². The summed E-state index contributed by atoms with van der Waals surface area (Å²) in [5, 5.41) is 5.67. The predicted molar refractivity (Wildman–Crippen MR) is 102 cm³/mol. The summed E-state index contributed by atoms with van der Waals surface area (Å²) in [5.41, 5.74) is 1.23. The van der Waals surface area contributed by atoms with E-state index in [1.807, 2.05) is 0 Å². The number of hydrogen-bond donors (Lipinski definition) is 2. The van der Waals surface area contributed by atoms with Gasteiger partial charge in [0, 0.05) is 23.6 Å². The van der Waals surface area contributed by atoms with Gasteiger partial charge in [0.15, 0.2) is 0 Å². The van der Waals surface area contributed by atoms with E-state index in [-0.39, 0.29) is 17.1 Å². The molecule has 0 unspecified atom stereocenters. The van der Waals surface area contributed by atoms with Crippen LogP contribution in [0.15, 0.2) is 66.9 Å². The van der Waals surface area contributed by atoms with Crippen molar-refractivity contribution in [2.24, 2.45) is 0 Å². The number of benzene rings is 2. The fraction of sp³-hybridized carbons (Fsp3) is 0.100. The minimum absolute atomic E-state index is 0.248. The van der Waals surface area contributed by atoms with Crippen LogP contribution in [0.4, 0.5) is 30.4 Å². The van der Waals surface area contributed by atoms with Gasteiger partial charge >= 0.3 is 6.36 Å². The number of hydrogen-bond acceptors (Lipinski definition) is 5. The standard InChI is InChI=1S/C20H16F3N3O3/c1-28-16-5-2-4-14(12-16)26-19(27)17-6-3-11-24-18(17)25-13-7-9-15(10-8-13)29-20(21,22)23/h2-12H,1H3,(H,24,25)(H,26,27). The van der Waals surface area contributed by atoms with Gasteiger partial charge in [-0.2, -0.15) is 0 Å². The Hall–Kier alpha value is -3.75. The van der Waals surface area contributed by atoms with Crippen LogP contribution in [0, 0.1) is 0 Å². The number of alkyl halides is 3. The molecular weight excluding hydrogens is 387 g/mol. The molecule has 0 atom stereocenters. The minimum Gasteiger partial charge on any atom is -0.497 e. The number of carbonyl (C=O) groups excluding carboxylic acids is 1. The SMILES string of the molecule is COc1cccc(NC(=O)c2cccnc2Nc2ccc(OC(F)(F)F)cc2)c1. The lowest BCUT2D eigenvalue weighted by molar-refractivity contribution is -0.274. The molecule has 29 heavy (non-hydrogen) atoms. The zero-order chi connectivity index (χ0) is 20.9. The van der Waals surface area contributed by atoms with Gasteiger partial charge in [0.1, 0.15) is 17.3 Å². The number of pyridine rings is 1. The zero-order valence-electron chi connectivity index (χ0n) is 15.2. The Morgan fingerprint density at radius 1 is 0.966 bits per heavy atom. The van der Waals surface area contributed by atoms with Crippen molar-refractivity contribution in [3.05, 3.63) is 72.4 Å². The lowest BCUT2D eigenvalue weighted by atomic mass is 10.2. The Morgan fingerprint density at radius 2 is 1.72 bits per heavy atom. The summed E-state index contributed by atoms with van der Waals surface area (Å²) >= 11 is 0. The third kappa shape index (κ3) is 5.61. The second-order valence-corrected chi connectivity index (χ2v) is 5.78. The molecule has 0 spiro atoms. The van der Waals surface area contributed by atoms with Crippen LogP contribution in [0.5, 0.6) is 11.5 Å². The molecular formula is C20H16F3N3O3. The molecule has 9 heteroatoms. The summed E-state index contributed by atoms with van der Waals surface area (Å²) in [6.45, 7) is 0. The van der Waals surface area contributed by atoms with Crippen LogP contribution >= 0.6 is 0 Å². The quantitative estimate of drug-likeness (QED) is 0.607. The molecule has 3 aromatic rings. The number of ether oxygens (including phenoxy) is 2. The molecule has 0 aliphatic rings. The third-order valence-corrected chi connectivity index (χ3v) is 3.73. The molecule has 2 N–H and O–H groups in total. The van der Waals surface area contributed by atoms with E-state index in [1.165, 1.54) is 25.4 Å². The van der Waals surface area contributed by atoms with E-state index in [0.29, 0.717) is 17.1 Å². The third-order valence-electron chi connectivity index (χ3n) is 3.73. The van der Waals surface area contributed by atoms with Crippen LogP contribution < -0.4 is 20.1 Å². The first kappa shape index (κ1) is 20.0. The molecule has 0 saturated heterocycles. The lowest BCUT2D eigenvalue weighted by Gasteiger charge is -2.13. The molecule has 0 aliphatic carbocycles. The van der Waals surface area contributed by atoms with Crippen LogP contribution in [0.3, 0.4) is 0 Å². The van der Waals surface area contributed by atoms with Crippen molar-refractivity contribution >= 4 is 23.1 Å². The monoisotopic (exact) mass is 403 g/mol. The molecule has 0 saturated carbocycles. The van der Waals surface area contributed by atoms with Crippen LogP contribution in [0.1, 0.15) is 10.4 Å². The van der Waals surface area contributed by atoms with Gasteiger partial charge in [-0.05, 0) is 48.5 Å². The zero-order valence-corrected chi connectivity index (χ0v) is 15.2. The number of rotatable bonds is 6. The van der Waals surface area contributed by atoms with Crippen LogP contribution in [0.25, 0.3) is 0 Å². The van der Waals surface area contributed by atoms with Crippen molar-refractivity contribution in [2.75, 3.05) is 17.7 Å². The topological polar surface area (TPSA) is 72.5 Å². The van der Waals surface area contributed by atoms with Gasteiger partial charge in [-0.1, -0.05) is 6.07 Å². The molecule has 1 amide bonds. The maximum atomic E-state index is 12.7. The average Bonchev–Trinajstić information content (AvgIpc) is 2.69. The number of nitrogens with zero attached hydrogens (tertiary/aromatic N) is 1. The fourth-order valence-electron chi connectivity index (χ4n) is 2.46. The van der Waals surface area contributed by atoms with Crippen molar-refractivity contribution in [1.29, 1.82) is 0 Å². The van der Waals surface area contributed by atoms with Gasteiger partial charge in [-0.3, -0.25) is 4.79 Å². The van der Waals surface area contributed by atoms with Gasteiger partial charge in [-0.25, -0.2) is 4.98 Å². The van der Waals surface area contributed by atoms with Gasteiger partial charge in [0.25, 0.3) is 5.91 Å². The number of carbonyl (C=O) groups is 1. The smallest absolute Gasteiger partial charge is 0.497 e. The fourth-order valence-corrected chi connectivity index (χ4v) is 2.46. The first-order valence-corrected chi connectivity index (χ1v) is 8.37. The molecule has 0 radical (unpaired) electrons. The summed E-state index contributed by atoms with van der Waals surface area (Å²) in [6.07, 6.45) is -3.27. The van der Waals surface area contributed by atoms with Gasteiger partial charge < -0.3 is 20.1 Å². The number of anilines is 3. The first-order valence-electron chi connectivity index (χ1n) is 8.37. The Balaban J connectivity index is 1.75. The van der Waals surface area contributed by atoms with Crippen LogP contribution in [-0.4, -0.2) is 24.4 Å². The largest absolute Gasteiger partial charge is 0.573 e. The number of aromatic nitrogens is 1. The molecule has 0 aliphatic heterocycles. The summed E-state index contributed by atoms with van der Waals surface area (Å²) < 4.78 is 45.7. The molecule has 2 aromatic carbocycles. The summed E-state index contributed by atoms with van der Waals surface area (Å²) in [4.78, 5) is 16.8. The van der Waals surface area contributed by atoms with E-state index in [0.717, 1.165) is 12.1 Å². The Labute approximate surface area is 164 Å². The summed E-state index contributed by atoms with van der Waals surface area (Å²) in [6, 6.07) is 15.1. The van der Waals surface area contributed by atoms with Gasteiger partial charge in [0.05, 0.1) is 12.7 Å². The maximum Gasteiger partial charge on any atom is 0.573 e. The molecule has 1 heterocycles.